The molecule has 5 nitrogen and oxygen atoms in total. The van der Waals surface area contributed by atoms with Crippen LogP contribution in [-0.2, 0) is 15.6 Å². The van der Waals surface area contributed by atoms with Crippen molar-refractivity contribution in [2.45, 2.75) is 10.6 Å². The molecule has 0 radical (unpaired) electrons. The molecule has 0 aliphatic carbocycles. The monoisotopic (exact) mass is 410 g/mol. The van der Waals surface area contributed by atoms with E-state index in [1.54, 1.807) is 30.3 Å². The Morgan fingerprint density at radius 3 is 2.33 bits per heavy atom. The lowest BCUT2D eigenvalue weighted by Gasteiger charge is -2.18. The van der Waals surface area contributed by atoms with Gasteiger partial charge in [0.2, 0.25) is 0 Å². The van der Waals surface area contributed by atoms with E-state index in [1.807, 2.05) is 0 Å². The maximum Gasteiger partial charge on any atom is 0.182 e. The number of carbonyl (C=O) groups excluding carboxylic acids is 1. The van der Waals surface area contributed by atoms with E-state index < -0.39 is 9.84 Å². The average Bonchev–Trinajstić information content (AvgIpc) is 2.61. The molecule has 0 saturated carbocycles. The number of ketones is 1. The van der Waals surface area contributed by atoms with Crippen LogP contribution in [0.4, 0.5) is 0 Å². The summed E-state index contributed by atoms with van der Waals surface area (Å²) < 4.78 is 36.0. The molecule has 24 heavy (non-hydrogen) atoms. The van der Waals surface area contributed by atoms with Crippen molar-refractivity contribution in [2.24, 2.45) is 0 Å². The van der Waals surface area contributed by atoms with E-state index >= 15 is 0 Å². The third kappa shape index (κ3) is 3.62. The summed E-state index contributed by atoms with van der Waals surface area (Å²) in [7, 11) is -3.52. The molecule has 0 atom stereocenters. The molecule has 0 bridgehead atoms. The Hall–Kier alpha value is -1.86. The number of alkyl halides is 1. The summed E-state index contributed by atoms with van der Waals surface area (Å²) in [5.74, 6) is 0.810. The van der Waals surface area contributed by atoms with Crippen LogP contribution < -0.4 is 9.47 Å². The predicted molar refractivity (Wildman–Crippen MR) is 92.9 cm³/mol. The lowest BCUT2D eigenvalue weighted by Crippen LogP contribution is -2.16. The van der Waals surface area contributed by atoms with E-state index in [2.05, 4.69) is 15.9 Å². The summed E-state index contributed by atoms with van der Waals surface area (Å²) in [6, 6.07) is 11.2. The summed E-state index contributed by atoms with van der Waals surface area (Å²) in [4.78, 5) is 11.8. The highest BCUT2D eigenvalue weighted by Crippen LogP contribution is 2.33. The molecule has 2 aromatic carbocycles. The zero-order chi connectivity index (χ0) is 17.2. The topological polar surface area (TPSA) is 69.7 Å². The second kappa shape index (κ2) is 6.94. The zero-order valence-corrected chi connectivity index (χ0v) is 15.1. The highest BCUT2D eigenvalue weighted by Gasteiger charge is 2.20. The fourth-order valence-electron chi connectivity index (χ4n) is 2.38. The van der Waals surface area contributed by atoms with Gasteiger partial charge >= 0.3 is 0 Å². The number of fused-ring (bicyclic) bond motifs is 1. The molecule has 2 aromatic rings. The second-order valence-electron chi connectivity index (χ2n) is 5.32. The SMILES string of the molecule is O=C(CBr)c1ccc(CS(=O)(=O)c2ccc3c(c2)OCCO3)cc1. The van der Waals surface area contributed by atoms with Gasteiger partial charge in [-0.3, -0.25) is 4.79 Å². The van der Waals surface area contributed by atoms with Gasteiger partial charge < -0.3 is 9.47 Å². The van der Waals surface area contributed by atoms with Crippen LogP contribution in [0, 0.1) is 0 Å². The summed E-state index contributed by atoms with van der Waals surface area (Å²) in [6.45, 7) is 0.859. The molecule has 1 aliphatic heterocycles. The molecule has 0 fully saturated rings. The summed E-state index contributed by atoms with van der Waals surface area (Å²) >= 11 is 3.11. The fraction of sp³-hybridized carbons (Fsp3) is 0.235. The number of Topliss-reactive ketones (excluding diaryl/α,β-unsaturated/α-hetero) is 1. The molecule has 0 unspecified atom stereocenters. The lowest BCUT2D eigenvalue weighted by molar-refractivity contribution is 0.102. The Morgan fingerprint density at radius 2 is 1.67 bits per heavy atom. The maximum atomic E-state index is 12.6. The molecule has 1 heterocycles. The van der Waals surface area contributed by atoms with E-state index in [-0.39, 0.29) is 21.8 Å². The first-order chi connectivity index (χ1) is 11.5. The molecule has 0 amide bonds. The minimum absolute atomic E-state index is 0.0451. The Labute approximate surface area is 148 Å². The molecular formula is C17H15BrO5S. The Morgan fingerprint density at radius 1 is 1.00 bits per heavy atom. The normalized spacial score (nSPS) is 13.5. The van der Waals surface area contributed by atoms with Crippen LogP contribution in [-0.4, -0.2) is 32.7 Å². The number of sulfone groups is 1. The Bertz CT molecular complexity index is 859. The molecule has 0 N–H and O–H groups in total. The van der Waals surface area contributed by atoms with Crippen LogP contribution in [0.2, 0.25) is 0 Å². The molecule has 1 aliphatic rings. The number of rotatable bonds is 5. The van der Waals surface area contributed by atoms with Crippen LogP contribution >= 0.6 is 15.9 Å². The van der Waals surface area contributed by atoms with Gasteiger partial charge in [-0.25, -0.2) is 8.42 Å². The number of carbonyl (C=O) groups is 1. The van der Waals surface area contributed by atoms with Crippen molar-refractivity contribution in [3.05, 3.63) is 53.6 Å². The summed E-state index contributed by atoms with van der Waals surface area (Å²) in [5.41, 5.74) is 1.17. The molecule has 7 heteroatoms. The van der Waals surface area contributed by atoms with Gasteiger partial charge in [0.15, 0.2) is 27.1 Å². The van der Waals surface area contributed by atoms with Crippen molar-refractivity contribution < 1.29 is 22.7 Å². The third-order valence-corrected chi connectivity index (χ3v) is 5.82. The van der Waals surface area contributed by atoms with Crippen LogP contribution in [0.5, 0.6) is 11.5 Å². The highest BCUT2D eigenvalue weighted by atomic mass is 79.9. The standard InChI is InChI=1S/C17H15BrO5S/c18-10-15(19)13-3-1-12(2-4-13)11-24(20,21)14-5-6-16-17(9-14)23-8-7-22-16/h1-6,9H,7-8,10-11H2. The van der Waals surface area contributed by atoms with Crippen LogP contribution in [0.1, 0.15) is 15.9 Å². The van der Waals surface area contributed by atoms with Gasteiger partial charge in [0.05, 0.1) is 16.0 Å². The van der Waals surface area contributed by atoms with Crippen molar-refractivity contribution in [3.8, 4) is 11.5 Å². The van der Waals surface area contributed by atoms with Crippen LogP contribution in [0.3, 0.4) is 0 Å². The van der Waals surface area contributed by atoms with Crippen LogP contribution in [0.15, 0.2) is 47.4 Å². The highest BCUT2D eigenvalue weighted by molar-refractivity contribution is 9.09. The van der Waals surface area contributed by atoms with Crippen molar-refractivity contribution >= 4 is 31.6 Å². The average molecular weight is 411 g/mol. The van der Waals surface area contributed by atoms with Gasteiger partial charge in [-0.1, -0.05) is 40.2 Å². The van der Waals surface area contributed by atoms with E-state index in [4.69, 9.17) is 9.47 Å². The second-order valence-corrected chi connectivity index (χ2v) is 7.87. The van der Waals surface area contributed by atoms with Gasteiger partial charge in [0, 0.05) is 11.6 Å². The van der Waals surface area contributed by atoms with Gasteiger partial charge in [0.1, 0.15) is 13.2 Å². The van der Waals surface area contributed by atoms with Gasteiger partial charge in [0.25, 0.3) is 0 Å². The van der Waals surface area contributed by atoms with E-state index in [0.29, 0.717) is 35.8 Å². The summed E-state index contributed by atoms with van der Waals surface area (Å²) in [5, 5.41) is 0.238. The number of ether oxygens (including phenoxy) is 2. The Balaban J connectivity index is 1.82. The summed E-state index contributed by atoms with van der Waals surface area (Å²) in [6.07, 6.45) is 0. The number of hydrogen-bond donors (Lipinski definition) is 0. The predicted octanol–water partition coefficient (Wildman–Crippen LogP) is 3.01. The first kappa shape index (κ1) is 17.0. The number of hydrogen-bond acceptors (Lipinski definition) is 5. The van der Waals surface area contributed by atoms with E-state index in [9.17, 15) is 13.2 Å². The van der Waals surface area contributed by atoms with Gasteiger partial charge in [-0.2, -0.15) is 0 Å². The van der Waals surface area contributed by atoms with Gasteiger partial charge in [-0.05, 0) is 17.7 Å². The van der Waals surface area contributed by atoms with Crippen molar-refractivity contribution in [3.63, 3.8) is 0 Å². The smallest absolute Gasteiger partial charge is 0.182 e. The maximum absolute atomic E-state index is 12.6. The molecule has 0 saturated heterocycles. The first-order valence-corrected chi connectivity index (χ1v) is 10.1. The molecule has 126 valence electrons. The van der Waals surface area contributed by atoms with E-state index in [0.717, 1.165) is 0 Å². The quantitative estimate of drug-likeness (QED) is 0.559. The van der Waals surface area contributed by atoms with Crippen molar-refractivity contribution in [1.29, 1.82) is 0 Å². The third-order valence-electron chi connectivity index (χ3n) is 3.63. The lowest BCUT2D eigenvalue weighted by atomic mass is 10.1. The van der Waals surface area contributed by atoms with Gasteiger partial charge in [-0.15, -0.1) is 0 Å². The Kier molecular flexibility index (Phi) is 4.91. The first-order valence-electron chi connectivity index (χ1n) is 7.30. The minimum Gasteiger partial charge on any atom is -0.486 e. The largest absolute Gasteiger partial charge is 0.486 e. The molecule has 3 rings (SSSR count). The molecule has 0 aromatic heterocycles. The number of benzene rings is 2. The number of halogens is 1. The van der Waals surface area contributed by atoms with E-state index in [1.165, 1.54) is 12.1 Å². The zero-order valence-electron chi connectivity index (χ0n) is 12.7. The molecule has 0 spiro atoms. The molecular weight excluding hydrogens is 396 g/mol. The van der Waals surface area contributed by atoms with Crippen molar-refractivity contribution in [1.82, 2.24) is 0 Å². The van der Waals surface area contributed by atoms with Crippen molar-refractivity contribution in [2.75, 3.05) is 18.5 Å². The fourth-order valence-corrected chi connectivity index (χ4v) is 4.07. The van der Waals surface area contributed by atoms with Crippen LogP contribution in [0.25, 0.3) is 0 Å². The minimum atomic E-state index is -3.52.